The highest BCUT2D eigenvalue weighted by atomic mass is 32.2. The summed E-state index contributed by atoms with van der Waals surface area (Å²) in [4.78, 5) is 0.206. The van der Waals surface area contributed by atoms with Crippen LogP contribution in [0, 0.1) is 0 Å². The maximum atomic E-state index is 12.5. The number of anilines is 1. The van der Waals surface area contributed by atoms with E-state index in [2.05, 4.69) is 4.72 Å². The van der Waals surface area contributed by atoms with Gasteiger partial charge >= 0.3 is 0 Å². The van der Waals surface area contributed by atoms with Crippen molar-refractivity contribution in [3.63, 3.8) is 0 Å². The molecule has 0 spiro atoms. The molecular weight excluding hydrogens is 314 g/mol. The van der Waals surface area contributed by atoms with Crippen molar-refractivity contribution in [3.05, 3.63) is 54.1 Å². The molecular formula is C17H17NO4S. The fourth-order valence-electron chi connectivity index (χ4n) is 2.95. The maximum absolute atomic E-state index is 12.5. The average molecular weight is 331 g/mol. The van der Waals surface area contributed by atoms with Gasteiger partial charge in [-0.15, -0.1) is 0 Å². The monoisotopic (exact) mass is 331 g/mol. The standard InChI is InChI=1S/C17H17NO4S/c1-17(2)16-15(21-16)13-10-12(8-9-14(13)22-17)23(19,20)18-11-6-4-3-5-7-11/h3-10,15-16,18H,1-2H3. The predicted molar refractivity (Wildman–Crippen MR) is 86.0 cm³/mol. The zero-order valence-corrected chi connectivity index (χ0v) is 13.6. The van der Waals surface area contributed by atoms with Crippen LogP contribution in [0.2, 0.25) is 0 Å². The van der Waals surface area contributed by atoms with Gasteiger partial charge in [0.2, 0.25) is 0 Å². The molecule has 4 rings (SSSR count). The first-order valence-corrected chi connectivity index (χ1v) is 8.91. The highest BCUT2D eigenvalue weighted by Crippen LogP contribution is 2.53. The van der Waals surface area contributed by atoms with E-state index in [1.54, 1.807) is 42.5 Å². The van der Waals surface area contributed by atoms with Crippen LogP contribution in [0.25, 0.3) is 0 Å². The van der Waals surface area contributed by atoms with E-state index in [9.17, 15) is 8.42 Å². The third kappa shape index (κ3) is 2.48. The van der Waals surface area contributed by atoms with Crippen molar-refractivity contribution in [2.45, 2.75) is 36.6 Å². The molecule has 2 aromatic rings. The second-order valence-corrected chi connectivity index (χ2v) is 8.04. The molecule has 0 saturated carbocycles. The van der Waals surface area contributed by atoms with E-state index in [1.807, 2.05) is 19.9 Å². The first-order chi connectivity index (χ1) is 10.9. The molecule has 2 atom stereocenters. The second kappa shape index (κ2) is 4.72. The van der Waals surface area contributed by atoms with E-state index in [4.69, 9.17) is 9.47 Å². The van der Waals surface area contributed by atoms with E-state index in [-0.39, 0.29) is 22.7 Å². The summed E-state index contributed by atoms with van der Waals surface area (Å²) >= 11 is 0. The van der Waals surface area contributed by atoms with Crippen LogP contribution in [0.5, 0.6) is 5.75 Å². The number of hydrogen-bond donors (Lipinski definition) is 1. The summed E-state index contributed by atoms with van der Waals surface area (Å²) in [6.45, 7) is 3.95. The van der Waals surface area contributed by atoms with Gasteiger partial charge in [-0.1, -0.05) is 18.2 Å². The molecule has 1 saturated heterocycles. The van der Waals surface area contributed by atoms with Gasteiger partial charge in [0, 0.05) is 11.3 Å². The Hall–Kier alpha value is -2.05. The van der Waals surface area contributed by atoms with Crippen LogP contribution in [0.1, 0.15) is 25.5 Å². The van der Waals surface area contributed by atoms with E-state index in [0.29, 0.717) is 11.4 Å². The summed E-state index contributed by atoms with van der Waals surface area (Å²) < 4.78 is 39.2. The molecule has 0 aromatic heterocycles. The van der Waals surface area contributed by atoms with Crippen molar-refractivity contribution in [2.24, 2.45) is 0 Å². The van der Waals surface area contributed by atoms with E-state index < -0.39 is 10.0 Å². The lowest BCUT2D eigenvalue weighted by molar-refractivity contribution is 0.0724. The number of para-hydroxylation sites is 1. The largest absolute Gasteiger partial charge is 0.485 e. The topological polar surface area (TPSA) is 67.9 Å². The zero-order valence-electron chi connectivity index (χ0n) is 12.8. The molecule has 0 aliphatic carbocycles. The minimum atomic E-state index is -3.64. The molecule has 2 aromatic carbocycles. The molecule has 6 heteroatoms. The normalized spacial score (nSPS) is 24.1. The van der Waals surface area contributed by atoms with Crippen LogP contribution in [0.15, 0.2) is 53.4 Å². The van der Waals surface area contributed by atoms with Gasteiger partial charge in [0.15, 0.2) is 0 Å². The van der Waals surface area contributed by atoms with E-state index >= 15 is 0 Å². The highest BCUT2D eigenvalue weighted by molar-refractivity contribution is 7.92. The highest BCUT2D eigenvalue weighted by Gasteiger charge is 2.56. The first kappa shape index (κ1) is 14.5. The van der Waals surface area contributed by atoms with Crippen molar-refractivity contribution in [1.82, 2.24) is 0 Å². The molecule has 2 unspecified atom stereocenters. The summed E-state index contributed by atoms with van der Waals surface area (Å²) in [6, 6.07) is 13.7. The van der Waals surface area contributed by atoms with E-state index in [0.717, 1.165) is 5.56 Å². The molecule has 2 aliphatic rings. The zero-order chi connectivity index (χ0) is 16.2. The van der Waals surface area contributed by atoms with Gasteiger partial charge in [-0.05, 0) is 44.2 Å². The minimum absolute atomic E-state index is 0.0185. The minimum Gasteiger partial charge on any atom is -0.485 e. The second-order valence-electron chi connectivity index (χ2n) is 6.35. The number of epoxide rings is 1. The van der Waals surface area contributed by atoms with Gasteiger partial charge in [0.05, 0.1) is 4.90 Å². The number of ether oxygens (including phenoxy) is 2. The Morgan fingerprint density at radius 2 is 1.83 bits per heavy atom. The van der Waals surface area contributed by atoms with Crippen LogP contribution >= 0.6 is 0 Å². The van der Waals surface area contributed by atoms with Crippen molar-refractivity contribution < 1.29 is 17.9 Å². The lowest BCUT2D eigenvalue weighted by atomic mass is 9.94. The van der Waals surface area contributed by atoms with Crippen LogP contribution < -0.4 is 9.46 Å². The number of rotatable bonds is 3. The lowest BCUT2D eigenvalue weighted by Gasteiger charge is -2.29. The first-order valence-electron chi connectivity index (χ1n) is 7.43. The molecule has 120 valence electrons. The number of sulfonamides is 1. The van der Waals surface area contributed by atoms with E-state index in [1.165, 1.54) is 0 Å². The Labute approximate surface area is 135 Å². The fourth-order valence-corrected chi connectivity index (χ4v) is 4.04. The molecule has 2 heterocycles. The van der Waals surface area contributed by atoms with Gasteiger partial charge < -0.3 is 9.47 Å². The number of hydrogen-bond acceptors (Lipinski definition) is 4. The van der Waals surface area contributed by atoms with Crippen molar-refractivity contribution in [2.75, 3.05) is 4.72 Å². The van der Waals surface area contributed by atoms with Crippen molar-refractivity contribution in [3.8, 4) is 5.75 Å². The Morgan fingerprint density at radius 1 is 1.09 bits per heavy atom. The third-order valence-corrected chi connectivity index (χ3v) is 5.55. The smallest absolute Gasteiger partial charge is 0.261 e. The summed E-state index contributed by atoms with van der Waals surface area (Å²) in [5.41, 5.74) is 0.939. The van der Waals surface area contributed by atoms with Gasteiger partial charge in [-0.25, -0.2) is 8.42 Å². The average Bonchev–Trinajstić information content (AvgIpc) is 3.29. The van der Waals surface area contributed by atoms with Crippen LogP contribution in [0.4, 0.5) is 5.69 Å². The molecule has 1 fully saturated rings. The fraction of sp³-hybridized carbons (Fsp3) is 0.294. The van der Waals surface area contributed by atoms with Gasteiger partial charge in [0.25, 0.3) is 10.0 Å². The number of nitrogens with one attached hydrogen (secondary N) is 1. The number of benzene rings is 2. The quantitative estimate of drug-likeness (QED) is 0.878. The van der Waals surface area contributed by atoms with Crippen LogP contribution in [-0.4, -0.2) is 20.1 Å². The number of fused-ring (bicyclic) bond motifs is 3. The molecule has 0 radical (unpaired) electrons. The summed E-state index contributed by atoms with van der Waals surface area (Å²) in [5.74, 6) is 0.687. The lowest BCUT2D eigenvalue weighted by Crippen LogP contribution is -2.37. The Kier molecular flexibility index (Phi) is 2.98. The SMILES string of the molecule is CC1(C)Oc2ccc(S(=O)(=O)Nc3ccccc3)cc2C2OC21. The molecule has 0 amide bonds. The summed E-state index contributed by atoms with van der Waals surface area (Å²) in [5, 5.41) is 0. The molecule has 2 aliphatic heterocycles. The summed E-state index contributed by atoms with van der Waals surface area (Å²) in [7, 11) is -3.64. The molecule has 1 N–H and O–H groups in total. The maximum Gasteiger partial charge on any atom is 0.261 e. The van der Waals surface area contributed by atoms with Gasteiger partial charge in [-0.3, -0.25) is 4.72 Å². The van der Waals surface area contributed by atoms with Crippen molar-refractivity contribution >= 4 is 15.7 Å². The Morgan fingerprint density at radius 3 is 2.57 bits per heavy atom. The van der Waals surface area contributed by atoms with Gasteiger partial charge in [-0.2, -0.15) is 0 Å². The third-order valence-electron chi connectivity index (χ3n) is 4.17. The summed E-state index contributed by atoms with van der Waals surface area (Å²) in [6.07, 6.45) is -0.101. The Balaban J connectivity index is 1.68. The van der Waals surface area contributed by atoms with Crippen LogP contribution in [-0.2, 0) is 14.8 Å². The van der Waals surface area contributed by atoms with Gasteiger partial charge in [0.1, 0.15) is 23.6 Å². The molecule has 0 bridgehead atoms. The molecule has 5 nitrogen and oxygen atoms in total. The van der Waals surface area contributed by atoms with Crippen molar-refractivity contribution in [1.29, 1.82) is 0 Å². The Bertz CT molecular complexity index is 861. The van der Waals surface area contributed by atoms with Crippen LogP contribution in [0.3, 0.4) is 0 Å². The molecule has 23 heavy (non-hydrogen) atoms. The predicted octanol–water partition coefficient (Wildman–Crippen LogP) is 3.10.